The maximum atomic E-state index is 10.5. The van der Waals surface area contributed by atoms with Gasteiger partial charge in [0.15, 0.2) is 0 Å². The zero-order valence-electron chi connectivity index (χ0n) is 8.95. The molecule has 0 saturated heterocycles. The highest BCUT2D eigenvalue weighted by molar-refractivity contribution is 9.10. The van der Waals surface area contributed by atoms with Gasteiger partial charge in [-0.15, -0.1) is 0 Å². The Balaban J connectivity index is 2.01. The predicted octanol–water partition coefficient (Wildman–Crippen LogP) is 2.28. The highest BCUT2D eigenvalue weighted by Crippen LogP contribution is 2.22. The highest BCUT2D eigenvalue weighted by atomic mass is 79.9. The summed E-state index contributed by atoms with van der Waals surface area (Å²) in [5, 5.41) is 8.64. The zero-order valence-corrected chi connectivity index (χ0v) is 10.5. The number of carboxylic acids is 1. The van der Waals surface area contributed by atoms with E-state index in [0.29, 0.717) is 6.54 Å². The molecule has 1 heterocycles. The molecule has 1 aromatic carbocycles. The van der Waals surface area contributed by atoms with Crippen LogP contribution in [0.4, 0.5) is 0 Å². The number of nitrogens with zero attached hydrogens (tertiary/aromatic N) is 1. The molecule has 16 heavy (non-hydrogen) atoms. The predicted molar refractivity (Wildman–Crippen MR) is 65.4 cm³/mol. The van der Waals surface area contributed by atoms with Crippen molar-refractivity contribution in [3.05, 3.63) is 33.8 Å². The van der Waals surface area contributed by atoms with Crippen molar-refractivity contribution in [2.45, 2.75) is 19.4 Å². The Bertz CT molecular complexity index is 406. The summed E-state index contributed by atoms with van der Waals surface area (Å²) < 4.78 is 1.12. The summed E-state index contributed by atoms with van der Waals surface area (Å²) in [5.41, 5.74) is 2.70. The number of aliphatic carboxylic acids is 1. The van der Waals surface area contributed by atoms with Gasteiger partial charge < -0.3 is 5.11 Å². The smallest absolute Gasteiger partial charge is 0.304 e. The number of benzene rings is 1. The van der Waals surface area contributed by atoms with E-state index >= 15 is 0 Å². The fourth-order valence-electron chi connectivity index (χ4n) is 2.02. The van der Waals surface area contributed by atoms with Gasteiger partial charge in [0.25, 0.3) is 0 Å². The quantitative estimate of drug-likeness (QED) is 0.925. The van der Waals surface area contributed by atoms with Gasteiger partial charge in [-0.05, 0) is 29.7 Å². The molecule has 0 radical (unpaired) electrons. The molecule has 1 aliphatic heterocycles. The molecule has 0 fully saturated rings. The van der Waals surface area contributed by atoms with Crippen LogP contribution >= 0.6 is 15.9 Å². The topological polar surface area (TPSA) is 40.5 Å². The summed E-state index contributed by atoms with van der Waals surface area (Å²) in [4.78, 5) is 12.7. The van der Waals surface area contributed by atoms with Crippen molar-refractivity contribution in [1.29, 1.82) is 0 Å². The first-order valence-corrected chi connectivity index (χ1v) is 6.16. The minimum absolute atomic E-state index is 0.228. The monoisotopic (exact) mass is 283 g/mol. The maximum absolute atomic E-state index is 10.5. The minimum Gasteiger partial charge on any atom is -0.481 e. The van der Waals surface area contributed by atoms with E-state index in [4.69, 9.17) is 5.11 Å². The standard InChI is InChI=1S/C12H14BrNO2/c13-11-2-1-10-8-14(6-4-12(15)16)5-3-9(10)7-11/h1-2,7H,3-6,8H2,(H,15,16). The van der Waals surface area contributed by atoms with Gasteiger partial charge in [-0.3, -0.25) is 9.69 Å². The van der Waals surface area contributed by atoms with Crippen molar-refractivity contribution < 1.29 is 9.90 Å². The van der Waals surface area contributed by atoms with Crippen LogP contribution in [-0.2, 0) is 17.8 Å². The molecule has 0 unspecified atom stereocenters. The van der Waals surface area contributed by atoms with Crippen LogP contribution in [-0.4, -0.2) is 29.1 Å². The molecule has 86 valence electrons. The largest absolute Gasteiger partial charge is 0.481 e. The lowest BCUT2D eigenvalue weighted by Crippen LogP contribution is -2.32. The normalized spacial score (nSPS) is 15.8. The molecule has 0 bridgehead atoms. The molecule has 4 heteroatoms. The fourth-order valence-corrected chi connectivity index (χ4v) is 2.43. The molecule has 0 saturated carbocycles. The van der Waals surface area contributed by atoms with E-state index in [1.54, 1.807) is 0 Å². The number of rotatable bonds is 3. The Hall–Kier alpha value is -0.870. The van der Waals surface area contributed by atoms with E-state index in [9.17, 15) is 4.79 Å². The molecule has 0 aromatic heterocycles. The van der Waals surface area contributed by atoms with Crippen LogP contribution in [0.5, 0.6) is 0 Å². The fraction of sp³-hybridized carbons (Fsp3) is 0.417. The SMILES string of the molecule is O=C(O)CCN1CCc2cc(Br)ccc2C1. The van der Waals surface area contributed by atoms with E-state index in [0.717, 1.165) is 24.0 Å². The Kier molecular flexibility index (Phi) is 3.61. The van der Waals surface area contributed by atoms with Gasteiger partial charge in [0.1, 0.15) is 0 Å². The maximum Gasteiger partial charge on any atom is 0.304 e. The molecule has 1 aromatic rings. The first kappa shape index (κ1) is 11.6. The minimum atomic E-state index is -0.721. The number of carboxylic acid groups (broad SMARTS) is 1. The van der Waals surface area contributed by atoms with Crippen LogP contribution < -0.4 is 0 Å². The second kappa shape index (κ2) is 4.97. The Morgan fingerprint density at radius 1 is 1.44 bits per heavy atom. The number of hydrogen-bond donors (Lipinski definition) is 1. The second-order valence-electron chi connectivity index (χ2n) is 4.08. The molecule has 0 amide bonds. The van der Waals surface area contributed by atoms with Gasteiger partial charge in [0.05, 0.1) is 6.42 Å². The summed E-state index contributed by atoms with van der Waals surface area (Å²) in [6.07, 6.45) is 1.24. The highest BCUT2D eigenvalue weighted by Gasteiger charge is 2.16. The number of halogens is 1. The third-order valence-electron chi connectivity index (χ3n) is 2.90. The van der Waals surface area contributed by atoms with Crippen molar-refractivity contribution in [3.63, 3.8) is 0 Å². The molecule has 0 atom stereocenters. The number of fused-ring (bicyclic) bond motifs is 1. The molecule has 0 aliphatic carbocycles. The van der Waals surface area contributed by atoms with Crippen LogP contribution in [0.25, 0.3) is 0 Å². The van der Waals surface area contributed by atoms with Crippen LogP contribution in [0.1, 0.15) is 17.5 Å². The van der Waals surface area contributed by atoms with Crippen molar-refractivity contribution in [3.8, 4) is 0 Å². The van der Waals surface area contributed by atoms with Gasteiger partial charge in [-0.2, -0.15) is 0 Å². The molecule has 0 spiro atoms. The Morgan fingerprint density at radius 3 is 3.00 bits per heavy atom. The van der Waals surface area contributed by atoms with E-state index in [1.165, 1.54) is 11.1 Å². The lowest BCUT2D eigenvalue weighted by Gasteiger charge is -2.28. The molecular formula is C12H14BrNO2. The molecule has 3 nitrogen and oxygen atoms in total. The van der Waals surface area contributed by atoms with Gasteiger partial charge in [0, 0.05) is 24.1 Å². The average Bonchev–Trinajstić information content (AvgIpc) is 2.26. The summed E-state index contributed by atoms with van der Waals surface area (Å²) in [6, 6.07) is 6.32. The summed E-state index contributed by atoms with van der Waals surface area (Å²) in [7, 11) is 0. The lowest BCUT2D eigenvalue weighted by atomic mass is 10.00. The van der Waals surface area contributed by atoms with Gasteiger partial charge in [0.2, 0.25) is 0 Å². The lowest BCUT2D eigenvalue weighted by molar-refractivity contribution is -0.137. The zero-order chi connectivity index (χ0) is 11.5. The van der Waals surface area contributed by atoms with Crippen molar-refractivity contribution in [1.82, 2.24) is 4.90 Å². The van der Waals surface area contributed by atoms with E-state index in [2.05, 4.69) is 33.0 Å². The second-order valence-corrected chi connectivity index (χ2v) is 5.00. The Labute approximate surface area is 103 Å². The first-order chi connectivity index (χ1) is 7.65. The van der Waals surface area contributed by atoms with Crippen LogP contribution in [0.2, 0.25) is 0 Å². The van der Waals surface area contributed by atoms with Crippen molar-refractivity contribution in [2.24, 2.45) is 0 Å². The van der Waals surface area contributed by atoms with Crippen LogP contribution in [0.15, 0.2) is 22.7 Å². The number of carbonyl (C=O) groups is 1. The Morgan fingerprint density at radius 2 is 2.25 bits per heavy atom. The summed E-state index contributed by atoms with van der Waals surface area (Å²) in [5.74, 6) is -0.721. The van der Waals surface area contributed by atoms with Gasteiger partial charge in [-0.1, -0.05) is 22.0 Å². The van der Waals surface area contributed by atoms with E-state index < -0.39 is 5.97 Å². The van der Waals surface area contributed by atoms with Crippen LogP contribution in [0, 0.1) is 0 Å². The van der Waals surface area contributed by atoms with Crippen LogP contribution in [0.3, 0.4) is 0 Å². The van der Waals surface area contributed by atoms with Crippen molar-refractivity contribution >= 4 is 21.9 Å². The third kappa shape index (κ3) is 2.83. The average molecular weight is 284 g/mol. The van der Waals surface area contributed by atoms with E-state index in [-0.39, 0.29) is 6.42 Å². The molecule has 1 aliphatic rings. The molecule has 1 N–H and O–H groups in total. The third-order valence-corrected chi connectivity index (χ3v) is 3.39. The summed E-state index contributed by atoms with van der Waals surface area (Å²) >= 11 is 3.46. The van der Waals surface area contributed by atoms with Gasteiger partial charge in [-0.25, -0.2) is 0 Å². The van der Waals surface area contributed by atoms with Gasteiger partial charge >= 0.3 is 5.97 Å². The van der Waals surface area contributed by atoms with Crippen molar-refractivity contribution in [2.75, 3.05) is 13.1 Å². The molecule has 2 rings (SSSR count). The van der Waals surface area contributed by atoms with E-state index in [1.807, 2.05) is 6.07 Å². The summed E-state index contributed by atoms with van der Waals surface area (Å²) in [6.45, 7) is 2.47. The first-order valence-electron chi connectivity index (χ1n) is 5.36. The molecular weight excluding hydrogens is 270 g/mol. The number of hydrogen-bond acceptors (Lipinski definition) is 2.